The molecule has 22 heavy (non-hydrogen) atoms. The van der Waals surface area contributed by atoms with Crippen LogP contribution >= 0.6 is 0 Å². The van der Waals surface area contributed by atoms with E-state index in [-0.39, 0.29) is 29.8 Å². The molecule has 2 aliphatic rings. The molecule has 0 spiro atoms. The lowest BCUT2D eigenvalue weighted by atomic mass is 10.3. The number of nitrogens with zero attached hydrogens (tertiary/aromatic N) is 3. The molecule has 0 aromatic carbocycles. The van der Waals surface area contributed by atoms with Crippen molar-refractivity contribution in [3.8, 4) is 0 Å². The Morgan fingerprint density at radius 1 is 1.36 bits per heavy atom. The summed E-state index contributed by atoms with van der Waals surface area (Å²) in [6.45, 7) is 3.33. The highest BCUT2D eigenvalue weighted by Gasteiger charge is 2.29. The molecule has 7 nitrogen and oxygen atoms in total. The molecule has 118 valence electrons. The van der Waals surface area contributed by atoms with Gasteiger partial charge in [-0.2, -0.15) is 0 Å². The highest BCUT2D eigenvalue weighted by atomic mass is 16.2. The molecule has 0 bridgehead atoms. The summed E-state index contributed by atoms with van der Waals surface area (Å²) in [4.78, 5) is 41.6. The third-order valence-corrected chi connectivity index (χ3v) is 4.12. The molecule has 0 unspecified atom stereocenters. The topological polar surface area (TPSA) is 84.3 Å². The van der Waals surface area contributed by atoms with E-state index >= 15 is 0 Å². The van der Waals surface area contributed by atoms with Gasteiger partial charge in [-0.1, -0.05) is 0 Å². The monoisotopic (exact) mass is 304 g/mol. The number of carbonyl (C=O) groups is 2. The van der Waals surface area contributed by atoms with Gasteiger partial charge in [0.15, 0.2) is 0 Å². The molecule has 2 heterocycles. The van der Waals surface area contributed by atoms with Crippen molar-refractivity contribution in [2.45, 2.75) is 45.8 Å². The predicted molar refractivity (Wildman–Crippen MR) is 78.8 cm³/mol. The molecule has 0 radical (unpaired) electrons. The van der Waals surface area contributed by atoms with Gasteiger partial charge >= 0.3 is 0 Å². The Bertz CT molecular complexity index is 663. The van der Waals surface area contributed by atoms with Gasteiger partial charge < -0.3 is 10.2 Å². The van der Waals surface area contributed by atoms with Gasteiger partial charge in [-0.15, -0.1) is 0 Å². The van der Waals surface area contributed by atoms with E-state index in [0.717, 1.165) is 19.3 Å². The number of hydrogen-bond donors (Lipinski definition) is 1. The average molecular weight is 304 g/mol. The Hall–Kier alpha value is -2.18. The molecule has 2 amide bonds. The molecular weight excluding hydrogens is 284 g/mol. The second-order valence-corrected chi connectivity index (χ2v) is 5.94. The minimum Gasteiger partial charge on any atom is -0.350 e. The zero-order valence-corrected chi connectivity index (χ0v) is 12.7. The molecule has 1 saturated carbocycles. The summed E-state index contributed by atoms with van der Waals surface area (Å²) in [5.41, 5.74) is 0.432. The van der Waals surface area contributed by atoms with E-state index in [1.807, 2.05) is 0 Å². The Morgan fingerprint density at radius 3 is 2.82 bits per heavy atom. The Balaban J connectivity index is 1.79. The van der Waals surface area contributed by atoms with Gasteiger partial charge in [-0.05, 0) is 19.3 Å². The number of carbonyl (C=O) groups excluding carboxylic acids is 2. The number of rotatable bonds is 3. The van der Waals surface area contributed by atoms with Gasteiger partial charge in [-0.3, -0.25) is 19.0 Å². The Morgan fingerprint density at radius 2 is 2.14 bits per heavy atom. The lowest BCUT2D eigenvalue weighted by Crippen LogP contribution is -2.31. The standard InChI is InChI=1S/C15H20N4O3/c1-10(20)18-5-2-6-19-13(9-18)17-12(7-14(19)21)8-16-15(22)11-3-4-11/h7,11H,2-6,8-9H2,1H3,(H,16,22). The third-order valence-electron chi connectivity index (χ3n) is 4.12. The van der Waals surface area contributed by atoms with Crippen molar-refractivity contribution >= 4 is 11.8 Å². The van der Waals surface area contributed by atoms with Gasteiger partial charge in [0.2, 0.25) is 11.8 Å². The normalized spacial score (nSPS) is 17.6. The van der Waals surface area contributed by atoms with Crippen molar-refractivity contribution in [3.05, 3.63) is 27.9 Å². The minimum absolute atomic E-state index is 0.0184. The van der Waals surface area contributed by atoms with Crippen LogP contribution in [0.5, 0.6) is 0 Å². The Labute approximate surface area is 128 Å². The molecule has 1 aromatic heterocycles. The molecule has 1 N–H and O–H groups in total. The fraction of sp³-hybridized carbons (Fsp3) is 0.600. The number of nitrogens with one attached hydrogen (secondary N) is 1. The van der Waals surface area contributed by atoms with Crippen LogP contribution in [0.25, 0.3) is 0 Å². The highest BCUT2D eigenvalue weighted by molar-refractivity contribution is 5.80. The van der Waals surface area contributed by atoms with Crippen molar-refractivity contribution in [1.82, 2.24) is 19.8 Å². The van der Waals surface area contributed by atoms with Crippen molar-refractivity contribution in [3.63, 3.8) is 0 Å². The predicted octanol–water partition coefficient (Wildman–Crippen LogP) is 0.0217. The van der Waals surface area contributed by atoms with Crippen molar-refractivity contribution in [1.29, 1.82) is 0 Å². The van der Waals surface area contributed by atoms with Crippen LogP contribution in [0.4, 0.5) is 0 Å². The maximum absolute atomic E-state index is 12.2. The van der Waals surface area contributed by atoms with Crippen LogP contribution in [0.3, 0.4) is 0 Å². The van der Waals surface area contributed by atoms with Gasteiger partial charge in [0.1, 0.15) is 5.82 Å². The SMILES string of the molecule is CC(=O)N1CCCn2c(nc(CNC(=O)C3CC3)cc2=O)C1. The van der Waals surface area contributed by atoms with Crippen LogP contribution < -0.4 is 10.9 Å². The molecule has 0 atom stereocenters. The molecule has 0 saturated heterocycles. The van der Waals surface area contributed by atoms with Crippen molar-refractivity contribution < 1.29 is 9.59 Å². The van der Waals surface area contributed by atoms with Crippen LogP contribution in [0.1, 0.15) is 37.7 Å². The van der Waals surface area contributed by atoms with E-state index in [1.165, 1.54) is 13.0 Å². The summed E-state index contributed by atoms with van der Waals surface area (Å²) in [5, 5.41) is 2.81. The number of hydrogen-bond acceptors (Lipinski definition) is 4. The van der Waals surface area contributed by atoms with Crippen LogP contribution in [0.2, 0.25) is 0 Å². The van der Waals surface area contributed by atoms with Crippen LogP contribution in [0.15, 0.2) is 10.9 Å². The van der Waals surface area contributed by atoms with E-state index in [9.17, 15) is 14.4 Å². The number of fused-ring (bicyclic) bond motifs is 1. The zero-order chi connectivity index (χ0) is 15.7. The molecule has 1 fully saturated rings. The van der Waals surface area contributed by atoms with E-state index in [0.29, 0.717) is 31.2 Å². The van der Waals surface area contributed by atoms with Crippen molar-refractivity contribution in [2.24, 2.45) is 5.92 Å². The molecule has 3 rings (SSSR count). The minimum atomic E-state index is -0.119. The molecule has 1 aromatic rings. The first-order valence-electron chi connectivity index (χ1n) is 7.67. The summed E-state index contributed by atoms with van der Waals surface area (Å²) >= 11 is 0. The maximum Gasteiger partial charge on any atom is 0.253 e. The summed E-state index contributed by atoms with van der Waals surface area (Å²) in [6, 6.07) is 1.47. The number of aromatic nitrogens is 2. The smallest absolute Gasteiger partial charge is 0.253 e. The first-order chi connectivity index (χ1) is 10.5. The highest BCUT2D eigenvalue weighted by Crippen LogP contribution is 2.28. The largest absolute Gasteiger partial charge is 0.350 e. The average Bonchev–Trinajstić information content (AvgIpc) is 3.30. The van der Waals surface area contributed by atoms with E-state index in [1.54, 1.807) is 9.47 Å². The van der Waals surface area contributed by atoms with Gasteiger partial charge in [-0.25, -0.2) is 4.98 Å². The zero-order valence-electron chi connectivity index (χ0n) is 12.7. The first kappa shape index (κ1) is 14.7. The second kappa shape index (κ2) is 5.90. The summed E-state index contributed by atoms with van der Waals surface area (Å²) < 4.78 is 1.62. The van der Waals surface area contributed by atoms with Crippen LogP contribution in [-0.4, -0.2) is 32.8 Å². The van der Waals surface area contributed by atoms with Crippen LogP contribution in [-0.2, 0) is 29.2 Å². The summed E-state index contributed by atoms with van der Waals surface area (Å²) in [5.74, 6) is 0.739. The molecule has 7 heteroatoms. The summed E-state index contributed by atoms with van der Waals surface area (Å²) in [6.07, 6.45) is 2.63. The number of amides is 2. The summed E-state index contributed by atoms with van der Waals surface area (Å²) in [7, 11) is 0. The molecular formula is C15H20N4O3. The lowest BCUT2D eigenvalue weighted by Gasteiger charge is -2.18. The fourth-order valence-electron chi connectivity index (χ4n) is 2.66. The quantitative estimate of drug-likeness (QED) is 0.853. The fourth-order valence-corrected chi connectivity index (χ4v) is 2.66. The van der Waals surface area contributed by atoms with Crippen LogP contribution in [0, 0.1) is 5.92 Å². The maximum atomic E-state index is 12.2. The van der Waals surface area contributed by atoms with Crippen molar-refractivity contribution in [2.75, 3.05) is 6.54 Å². The molecule has 1 aliphatic carbocycles. The van der Waals surface area contributed by atoms with E-state index in [4.69, 9.17) is 0 Å². The lowest BCUT2D eigenvalue weighted by molar-refractivity contribution is -0.129. The van der Waals surface area contributed by atoms with E-state index < -0.39 is 0 Å². The van der Waals surface area contributed by atoms with Gasteiger partial charge in [0, 0.05) is 32.0 Å². The Kier molecular flexibility index (Phi) is 3.96. The second-order valence-electron chi connectivity index (χ2n) is 5.94. The first-order valence-corrected chi connectivity index (χ1v) is 7.67. The van der Waals surface area contributed by atoms with E-state index in [2.05, 4.69) is 10.3 Å². The van der Waals surface area contributed by atoms with Gasteiger partial charge in [0.25, 0.3) is 5.56 Å². The molecule has 1 aliphatic heterocycles. The van der Waals surface area contributed by atoms with Gasteiger partial charge in [0.05, 0.1) is 18.8 Å². The third kappa shape index (κ3) is 3.18.